The number of hydrogen-bond donors (Lipinski definition) is 3. The number of aromatic amines is 1. The minimum absolute atomic E-state index is 0.198. The zero-order valence-corrected chi connectivity index (χ0v) is 21.5. The summed E-state index contributed by atoms with van der Waals surface area (Å²) in [5, 5.41) is 6.05. The number of pyridine rings is 1. The Morgan fingerprint density at radius 2 is 1.74 bits per heavy atom. The van der Waals surface area contributed by atoms with Crippen LogP contribution in [-0.2, 0) is 4.79 Å². The molecule has 0 radical (unpaired) electrons. The second-order valence-corrected chi connectivity index (χ2v) is 12.1. The van der Waals surface area contributed by atoms with E-state index in [4.69, 9.17) is 4.98 Å². The lowest BCUT2D eigenvalue weighted by molar-refractivity contribution is -0.149. The number of imidazole rings is 1. The Kier molecular flexibility index (Phi) is 5.18. The Hall–Kier alpha value is -4.00. The molecule has 2 aromatic carbocycles. The van der Waals surface area contributed by atoms with Crippen LogP contribution in [0.15, 0.2) is 66.9 Å². The van der Waals surface area contributed by atoms with E-state index in [1.807, 2.05) is 36.4 Å². The Morgan fingerprint density at radius 1 is 0.947 bits per heavy atom. The summed E-state index contributed by atoms with van der Waals surface area (Å²) in [6, 6.07) is 18.6. The summed E-state index contributed by atoms with van der Waals surface area (Å²) in [5.74, 6) is 2.62. The monoisotopic (exact) mass is 505 g/mol. The van der Waals surface area contributed by atoms with Crippen LogP contribution >= 0.6 is 0 Å². The van der Waals surface area contributed by atoms with Gasteiger partial charge in [0.1, 0.15) is 11.6 Å². The number of H-pyrrole nitrogens is 1. The summed E-state index contributed by atoms with van der Waals surface area (Å²) in [5.41, 5.74) is 3.96. The molecule has 4 aliphatic rings. The number of benzene rings is 2. The van der Waals surface area contributed by atoms with Gasteiger partial charge in [0.25, 0.3) is 5.91 Å². The molecule has 38 heavy (non-hydrogen) atoms. The summed E-state index contributed by atoms with van der Waals surface area (Å²) in [6.07, 6.45) is 8.65. The summed E-state index contributed by atoms with van der Waals surface area (Å²) in [6.45, 7) is 2.39. The molecule has 4 saturated carbocycles. The van der Waals surface area contributed by atoms with Crippen molar-refractivity contribution in [2.75, 3.05) is 10.6 Å². The van der Waals surface area contributed by atoms with Gasteiger partial charge in [-0.05, 0) is 110 Å². The number of nitrogens with zero attached hydrogens (tertiary/aromatic N) is 2. The first-order chi connectivity index (χ1) is 18.4. The third-order valence-corrected chi connectivity index (χ3v) is 8.90. The average Bonchev–Trinajstić information content (AvgIpc) is 3.32. The number of anilines is 2. The summed E-state index contributed by atoms with van der Waals surface area (Å²) >= 11 is 0. The lowest BCUT2D eigenvalue weighted by Crippen LogP contribution is -2.55. The average molecular weight is 506 g/mol. The first-order valence-electron chi connectivity index (χ1n) is 13.5. The maximum Gasteiger partial charge on any atom is 0.256 e. The number of carbonyl (C=O) groups excluding carboxylic acids is 2. The van der Waals surface area contributed by atoms with Crippen LogP contribution in [0.1, 0.15) is 55.8 Å². The summed E-state index contributed by atoms with van der Waals surface area (Å²) < 4.78 is 0. The van der Waals surface area contributed by atoms with Gasteiger partial charge in [0.2, 0.25) is 5.91 Å². The van der Waals surface area contributed by atoms with Crippen molar-refractivity contribution >= 4 is 34.4 Å². The maximum absolute atomic E-state index is 13.5. The number of nitrogens with one attached hydrogen (secondary N) is 3. The van der Waals surface area contributed by atoms with Gasteiger partial charge in [0.05, 0.1) is 16.4 Å². The van der Waals surface area contributed by atoms with Crippen molar-refractivity contribution in [1.29, 1.82) is 0 Å². The van der Waals surface area contributed by atoms with Crippen LogP contribution in [0.3, 0.4) is 0 Å². The Morgan fingerprint density at radius 3 is 2.45 bits per heavy atom. The zero-order chi connectivity index (χ0) is 25.9. The minimum Gasteiger partial charge on any atom is -0.338 e. The molecular weight excluding hydrogens is 474 g/mol. The molecular formula is C31H31N5O2. The van der Waals surface area contributed by atoms with Crippen LogP contribution in [0, 0.1) is 22.7 Å². The Balaban J connectivity index is 1.06. The van der Waals surface area contributed by atoms with Crippen molar-refractivity contribution in [3.05, 3.63) is 72.4 Å². The van der Waals surface area contributed by atoms with Gasteiger partial charge < -0.3 is 15.6 Å². The van der Waals surface area contributed by atoms with Gasteiger partial charge in [-0.3, -0.25) is 9.59 Å². The van der Waals surface area contributed by atoms with Crippen molar-refractivity contribution in [3.8, 4) is 11.4 Å². The van der Waals surface area contributed by atoms with E-state index in [2.05, 4.69) is 27.5 Å². The Bertz CT molecular complexity index is 1530. The van der Waals surface area contributed by atoms with E-state index in [1.165, 1.54) is 19.3 Å². The van der Waals surface area contributed by atoms with Gasteiger partial charge in [-0.1, -0.05) is 13.0 Å². The molecule has 3 N–H and O–H groups in total. The van der Waals surface area contributed by atoms with Crippen LogP contribution < -0.4 is 10.6 Å². The summed E-state index contributed by atoms with van der Waals surface area (Å²) in [7, 11) is 0. The van der Waals surface area contributed by atoms with Gasteiger partial charge in [-0.15, -0.1) is 0 Å². The zero-order valence-electron chi connectivity index (χ0n) is 21.5. The van der Waals surface area contributed by atoms with Crippen molar-refractivity contribution < 1.29 is 9.59 Å². The second kappa shape index (κ2) is 8.51. The SMILES string of the molecule is CC12CC3CC(C1)CC(C(=O)Nc1ccc(-c4nc5ccc(C(=O)Nc6ccccn6)cc5[nH]4)cc1)(C3)C2. The molecule has 2 atom stereocenters. The quantitative estimate of drug-likeness (QED) is 0.291. The van der Waals surface area contributed by atoms with E-state index in [-0.39, 0.29) is 17.2 Å². The van der Waals surface area contributed by atoms with Gasteiger partial charge in [-0.25, -0.2) is 9.97 Å². The first-order valence-corrected chi connectivity index (χ1v) is 13.5. The fourth-order valence-electron chi connectivity index (χ4n) is 7.87. The molecule has 7 heteroatoms. The highest BCUT2D eigenvalue weighted by Gasteiger charge is 2.58. The molecule has 4 aromatic rings. The molecule has 2 heterocycles. The van der Waals surface area contributed by atoms with Crippen LogP contribution in [0.4, 0.5) is 11.5 Å². The second-order valence-electron chi connectivity index (χ2n) is 12.1. The number of aromatic nitrogens is 3. The van der Waals surface area contributed by atoms with Crippen LogP contribution in [0.5, 0.6) is 0 Å². The smallest absolute Gasteiger partial charge is 0.256 e. The van der Waals surface area contributed by atoms with Crippen molar-refractivity contribution in [2.45, 2.75) is 45.4 Å². The van der Waals surface area contributed by atoms with Crippen LogP contribution in [0.25, 0.3) is 22.4 Å². The van der Waals surface area contributed by atoms with E-state index in [0.29, 0.717) is 34.5 Å². The molecule has 8 rings (SSSR count). The molecule has 0 spiro atoms. The predicted molar refractivity (Wildman–Crippen MR) is 148 cm³/mol. The van der Waals surface area contributed by atoms with E-state index in [1.54, 1.807) is 30.5 Å². The highest BCUT2D eigenvalue weighted by atomic mass is 16.2. The van der Waals surface area contributed by atoms with Crippen molar-refractivity contribution in [1.82, 2.24) is 15.0 Å². The number of carbonyl (C=O) groups is 2. The molecule has 2 amide bonds. The van der Waals surface area contributed by atoms with Crippen LogP contribution in [0.2, 0.25) is 0 Å². The molecule has 0 saturated heterocycles. The molecule has 7 nitrogen and oxygen atoms in total. The first kappa shape index (κ1) is 23.1. The largest absolute Gasteiger partial charge is 0.338 e. The van der Waals surface area contributed by atoms with Gasteiger partial charge in [0.15, 0.2) is 0 Å². The number of amides is 2. The number of rotatable bonds is 5. The fraction of sp³-hybridized carbons (Fsp3) is 0.355. The molecule has 192 valence electrons. The predicted octanol–water partition coefficient (Wildman–Crippen LogP) is 6.42. The van der Waals surface area contributed by atoms with Crippen molar-refractivity contribution in [3.63, 3.8) is 0 Å². The highest BCUT2D eigenvalue weighted by molar-refractivity contribution is 6.05. The lowest BCUT2D eigenvalue weighted by atomic mass is 9.44. The molecule has 2 unspecified atom stereocenters. The van der Waals surface area contributed by atoms with Crippen molar-refractivity contribution in [2.24, 2.45) is 22.7 Å². The minimum atomic E-state index is -0.227. The molecule has 2 aromatic heterocycles. The van der Waals surface area contributed by atoms with E-state index >= 15 is 0 Å². The highest BCUT2D eigenvalue weighted by Crippen LogP contribution is 2.65. The molecule has 4 bridgehead atoms. The molecule has 0 aliphatic heterocycles. The number of fused-ring (bicyclic) bond motifs is 1. The van der Waals surface area contributed by atoms with E-state index in [9.17, 15) is 9.59 Å². The van der Waals surface area contributed by atoms with E-state index < -0.39 is 0 Å². The van der Waals surface area contributed by atoms with Gasteiger partial charge in [0, 0.05) is 23.0 Å². The van der Waals surface area contributed by atoms with Gasteiger partial charge in [-0.2, -0.15) is 0 Å². The normalized spacial score (nSPS) is 27.4. The van der Waals surface area contributed by atoms with Gasteiger partial charge >= 0.3 is 0 Å². The number of hydrogen-bond acceptors (Lipinski definition) is 4. The molecule has 4 fully saturated rings. The topological polar surface area (TPSA) is 99.8 Å². The third kappa shape index (κ3) is 4.06. The van der Waals surface area contributed by atoms with Crippen LogP contribution in [-0.4, -0.2) is 26.8 Å². The summed E-state index contributed by atoms with van der Waals surface area (Å²) in [4.78, 5) is 38.4. The Labute approximate surface area is 221 Å². The molecule has 4 aliphatic carbocycles. The lowest BCUT2D eigenvalue weighted by Gasteiger charge is -2.60. The van der Waals surface area contributed by atoms with E-state index in [0.717, 1.165) is 41.5 Å². The maximum atomic E-state index is 13.5. The fourth-order valence-corrected chi connectivity index (χ4v) is 7.87. The third-order valence-electron chi connectivity index (χ3n) is 8.90. The standard InChI is InChI=1S/C31H31N5O2/c1-30-14-19-12-20(15-30)17-31(16-19,18-30)29(38)33-23-8-5-21(6-9-23)27-34-24-10-7-22(13-25(24)35-27)28(37)36-26-4-2-3-11-32-26/h2-11,13,19-20H,12,14-18H2,1H3,(H,33,38)(H,34,35)(H,32,36,37).